The van der Waals surface area contributed by atoms with Gasteiger partial charge in [-0.2, -0.15) is 0 Å². The van der Waals surface area contributed by atoms with Crippen LogP contribution in [0.15, 0.2) is 54.7 Å². The van der Waals surface area contributed by atoms with Crippen molar-refractivity contribution in [1.82, 2.24) is 9.47 Å². The normalized spacial score (nSPS) is 16.9. The first-order valence-corrected chi connectivity index (χ1v) is 10.3. The predicted octanol–water partition coefficient (Wildman–Crippen LogP) is 5.12. The molecule has 1 aromatic heterocycles. The van der Waals surface area contributed by atoms with E-state index in [0.29, 0.717) is 0 Å². The van der Waals surface area contributed by atoms with E-state index < -0.39 is 0 Å². The van der Waals surface area contributed by atoms with Crippen LogP contribution in [0.4, 0.5) is 0 Å². The summed E-state index contributed by atoms with van der Waals surface area (Å²) in [6, 6.07) is 17.6. The highest BCUT2D eigenvalue weighted by molar-refractivity contribution is 5.43. The van der Waals surface area contributed by atoms with E-state index in [4.69, 9.17) is 9.47 Å². The summed E-state index contributed by atoms with van der Waals surface area (Å²) in [4.78, 5) is 2.58. The quantitative estimate of drug-likeness (QED) is 0.605. The summed E-state index contributed by atoms with van der Waals surface area (Å²) in [5, 5.41) is 0. The second-order valence-electron chi connectivity index (χ2n) is 7.92. The standard InChI is InChI=1S/C25H30N2O2/c1-18-8-9-20(13-19(18)2)17-27-12-6-11-26-10-5-7-24(26)25(27)21-14-22(28-3)16-23(15-21)29-4/h5,7-10,13-16,25H,6,11-12,17H2,1-4H3. The van der Waals surface area contributed by atoms with E-state index in [-0.39, 0.29) is 6.04 Å². The molecular weight excluding hydrogens is 360 g/mol. The number of hydrogen-bond donors (Lipinski definition) is 0. The van der Waals surface area contributed by atoms with E-state index in [1.165, 1.54) is 27.9 Å². The van der Waals surface area contributed by atoms with Gasteiger partial charge in [0.15, 0.2) is 0 Å². The largest absolute Gasteiger partial charge is 0.497 e. The van der Waals surface area contributed by atoms with Gasteiger partial charge in [-0.15, -0.1) is 0 Å². The van der Waals surface area contributed by atoms with Crippen molar-refractivity contribution in [2.75, 3.05) is 20.8 Å². The van der Waals surface area contributed by atoms with Crippen LogP contribution in [0.25, 0.3) is 0 Å². The first-order chi connectivity index (χ1) is 14.1. The van der Waals surface area contributed by atoms with Gasteiger partial charge in [0.1, 0.15) is 11.5 Å². The summed E-state index contributed by atoms with van der Waals surface area (Å²) >= 11 is 0. The number of aromatic nitrogens is 1. The number of nitrogens with zero attached hydrogens (tertiary/aromatic N) is 2. The minimum absolute atomic E-state index is 0.151. The van der Waals surface area contributed by atoms with E-state index in [0.717, 1.165) is 37.6 Å². The molecule has 0 aliphatic carbocycles. The molecule has 2 aromatic carbocycles. The van der Waals surface area contributed by atoms with Crippen molar-refractivity contribution < 1.29 is 9.47 Å². The lowest BCUT2D eigenvalue weighted by Crippen LogP contribution is -2.29. The fraction of sp³-hybridized carbons (Fsp3) is 0.360. The van der Waals surface area contributed by atoms with Crippen molar-refractivity contribution >= 4 is 0 Å². The molecule has 1 aliphatic rings. The summed E-state index contributed by atoms with van der Waals surface area (Å²) in [5.41, 5.74) is 6.56. The number of methoxy groups -OCH3 is 2. The summed E-state index contributed by atoms with van der Waals surface area (Å²) in [6.45, 7) is 7.36. The minimum Gasteiger partial charge on any atom is -0.497 e. The van der Waals surface area contributed by atoms with Gasteiger partial charge in [-0.05, 0) is 66.8 Å². The zero-order chi connectivity index (χ0) is 20.4. The predicted molar refractivity (Wildman–Crippen MR) is 117 cm³/mol. The number of fused-ring (bicyclic) bond motifs is 1. The summed E-state index contributed by atoms with van der Waals surface area (Å²) in [5.74, 6) is 1.65. The molecule has 4 nitrogen and oxygen atoms in total. The average molecular weight is 391 g/mol. The first kappa shape index (κ1) is 19.6. The number of hydrogen-bond acceptors (Lipinski definition) is 3. The molecular formula is C25H30N2O2. The topological polar surface area (TPSA) is 26.6 Å². The SMILES string of the molecule is COc1cc(OC)cc(C2c3cccn3CCCN2Cc2ccc(C)c(C)c2)c1. The van der Waals surface area contributed by atoms with Gasteiger partial charge in [0.25, 0.3) is 0 Å². The van der Waals surface area contributed by atoms with Gasteiger partial charge >= 0.3 is 0 Å². The van der Waals surface area contributed by atoms with Crippen LogP contribution in [0.3, 0.4) is 0 Å². The van der Waals surface area contributed by atoms with Crippen LogP contribution in [0.1, 0.15) is 40.4 Å². The van der Waals surface area contributed by atoms with Gasteiger partial charge in [-0.25, -0.2) is 0 Å². The number of rotatable bonds is 5. The molecule has 0 N–H and O–H groups in total. The fourth-order valence-electron chi connectivity index (χ4n) is 4.32. The van der Waals surface area contributed by atoms with Gasteiger partial charge in [-0.1, -0.05) is 18.2 Å². The minimum atomic E-state index is 0.151. The van der Waals surface area contributed by atoms with Crippen LogP contribution in [0, 0.1) is 13.8 Å². The smallest absolute Gasteiger partial charge is 0.122 e. The number of benzene rings is 2. The van der Waals surface area contributed by atoms with Gasteiger partial charge in [0.2, 0.25) is 0 Å². The van der Waals surface area contributed by atoms with Crippen molar-refractivity contribution in [2.45, 2.75) is 39.4 Å². The van der Waals surface area contributed by atoms with Crippen LogP contribution >= 0.6 is 0 Å². The number of aryl methyl sites for hydroxylation is 3. The molecule has 29 heavy (non-hydrogen) atoms. The number of ether oxygens (including phenoxy) is 2. The molecule has 0 spiro atoms. The van der Waals surface area contributed by atoms with Crippen LogP contribution in [0.2, 0.25) is 0 Å². The molecule has 0 radical (unpaired) electrons. The van der Waals surface area contributed by atoms with Gasteiger partial charge < -0.3 is 14.0 Å². The molecule has 0 saturated heterocycles. The van der Waals surface area contributed by atoms with E-state index in [1.807, 2.05) is 6.07 Å². The Bertz CT molecular complexity index is 970. The van der Waals surface area contributed by atoms with E-state index in [9.17, 15) is 0 Å². The second-order valence-corrected chi connectivity index (χ2v) is 7.92. The molecule has 3 aromatic rings. The Balaban J connectivity index is 1.78. The molecule has 152 valence electrons. The van der Waals surface area contributed by atoms with E-state index >= 15 is 0 Å². The van der Waals surface area contributed by atoms with Crippen molar-refractivity contribution in [3.63, 3.8) is 0 Å². The van der Waals surface area contributed by atoms with Gasteiger partial charge in [-0.3, -0.25) is 4.90 Å². The fourth-order valence-corrected chi connectivity index (χ4v) is 4.32. The Kier molecular flexibility index (Phi) is 5.63. The third-order valence-electron chi connectivity index (χ3n) is 6.00. The van der Waals surface area contributed by atoms with Crippen LogP contribution in [-0.4, -0.2) is 30.2 Å². The highest BCUT2D eigenvalue weighted by Gasteiger charge is 2.28. The summed E-state index contributed by atoms with van der Waals surface area (Å²) in [6.07, 6.45) is 3.32. The molecule has 2 heterocycles. The lowest BCUT2D eigenvalue weighted by atomic mass is 9.99. The van der Waals surface area contributed by atoms with Crippen molar-refractivity contribution in [3.05, 3.63) is 82.7 Å². The molecule has 0 bridgehead atoms. The molecule has 0 amide bonds. The van der Waals surface area contributed by atoms with Crippen LogP contribution in [0.5, 0.6) is 11.5 Å². The summed E-state index contributed by atoms with van der Waals surface area (Å²) < 4.78 is 13.5. The Morgan fingerprint density at radius 3 is 2.34 bits per heavy atom. The van der Waals surface area contributed by atoms with Crippen molar-refractivity contribution in [1.29, 1.82) is 0 Å². The average Bonchev–Trinajstić information content (AvgIpc) is 3.11. The maximum Gasteiger partial charge on any atom is 0.122 e. The Morgan fingerprint density at radius 1 is 0.897 bits per heavy atom. The molecule has 1 unspecified atom stereocenters. The Morgan fingerprint density at radius 2 is 1.66 bits per heavy atom. The van der Waals surface area contributed by atoms with Crippen molar-refractivity contribution in [2.24, 2.45) is 0 Å². The lowest BCUT2D eigenvalue weighted by Gasteiger charge is -2.31. The van der Waals surface area contributed by atoms with E-state index in [2.05, 4.69) is 72.0 Å². The Labute approximate surface area is 173 Å². The molecule has 0 fully saturated rings. The maximum atomic E-state index is 5.57. The first-order valence-electron chi connectivity index (χ1n) is 10.3. The van der Waals surface area contributed by atoms with Crippen molar-refractivity contribution in [3.8, 4) is 11.5 Å². The van der Waals surface area contributed by atoms with E-state index in [1.54, 1.807) is 14.2 Å². The van der Waals surface area contributed by atoms with Crippen LogP contribution < -0.4 is 9.47 Å². The Hall–Kier alpha value is -2.72. The lowest BCUT2D eigenvalue weighted by molar-refractivity contribution is 0.219. The molecule has 0 saturated carbocycles. The van der Waals surface area contributed by atoms with Gasteiger partial charge in [0, 0.05) is 37.6 Å². The zero-order valence-electron chi connectivity index (χ0n) is 17.8. The zero-order valence-corrected chi connectivity index (χ0v) is 17.8. The van der Waals surface area contributed by atoms with Crippen LogP contribution in [-0.2, 0) is 13.1 Å². The monoisotopic (exact) mass is 390 g/mol. The third kappa shape index (κ3) is 4.03. The second kappa shape index (κ2) is 8.34. The summed E-state index contributed by atoms with van der Waals surface area (Å²) in [7, 11) is 3.42. The molecule has 4 heteroatoms. The highest BCUT2D eigenvalue weighted by Crippen LogP contribution is 2.36. The third-order valence-corrected chi connectivity index (χ3v) is 6.00. The van der Waals surface area contributed by atoms with Gasteiger partial charge in [0.05, 0.1) is 20.3 Å². The maximum absolute atomic E-state index is 5.57. The molecule has 1 aliphatic heterocycles. The highest BCUT2D eigenvalue weighted by atomic mass is 16.5. The molecule has 1 atom stereocenters. The molecule has 4 rings (SSSR count).